The molecule has 0 aliphatic carbocycles. The number of hydrogen-bond donors (Lipinski definition) is 7. The number of aliphatic hydroxyl groups excluding tert-OH is 7. The fourth-order valence-electron chi connectivity index (χ4n) is 7.81. The Labute approximate surface area is 366 Å². The Morgan fingerprint density at radius 2 is 0.836 bits per heavy atom. The topological polar surface area (TPSA) is 231 Å². The lowest BCUT2D eigenvalue weighted by Gasteiger charge is -2.42. The average molecular weight is 879 g/mol. The molecule has 15 nitrogen and oxygen atoms in total. The number of carbonyl (C=O) groups excluding carboxylic acids is 2. The molecule has 0 bridgehead atoms. The third kappa shape index (κ3) is 23.8. The molecule has 2 heterocycles. The molecule has 2 aliphatic rings. The number of rotatable bonds is 37. The summed E-state index contributed by atoms with van der Waals surface area (Å²) in [6.07, 6.45) is 12.8. The average Bonchev–Trinajstić information content (AvgIpc) is 3.25. The summed E-state index contributed by atoms with van der Waals surface area (Å²) < 4.78 is 33.5. The van der Waals surface area contributed by atoms with Crippen molar-refractivity contribution in [3.8, 4) is 0 Å². The van der Waals surface area contributed by atoms with Crippen LogP contribution in [0.1, 0.15) is 187 Å². The van der Waals surface area contributed by atoms with E-state index >= 15 is 0 Å². The van der Waals surface area contributed by atoms with Crippen molar-refractivity contribution >= 4 is 11.9 Å². The van der Waals surface area contributed by atoms with Gasteiger partial charge in [0.1, 0.15) is 55.4 Å². The Morgan fingerprint density at radius 1 is 0.459 bits per heavy atom. The first-order valence-electron chi connectivity index (χ1n) is 24.1. The van der Waals surface area contributed by atoms with Crippen LogP contribution in [0.5, 0.6) is 0 Å². The normalized spacial score (nSPS) is 27.2. The minimum absolute atomic E-state index is 0.172. The molecule has 0 amide bonds. The Morgan fingerprint density at radius 3 is 1.28 bits per heavy atom. The van der Waals surface area contributed by atoms with E-state index in [0.717, 1.165) is 38.5 Å². The SMILES string of the molecule is CCCCCCCCCCCCCCCCC(=O)OC[C@H](CO[C@@H]1O[C@H](CO[C@@H]2O[C@H](CO)[C@H](O)C(O)C2O)[C@H](O)C(O)C1O)OC(=O)CCCCCCCCCCCCC. The number of unbranched alkanes of at least 4 members (excludes halogenated alkanes) is 23. The third-order valence-corrected chi connectivity index (χ3v) is 11.8. The van der Waals surface area contributed by atoms with Crippen molar-refractivity contribution in [3.63, 3.8) is 0 Å². The van der Waals surface area contributed by atoms with Crippen molar-refractivity contribution in [3.05, 3.63) is 0 Å². The van der Waals surface area contributed by atoms with Crippen LogP contribution in [0.2, 0.25) is 0 Å². The Kier molecular flexibility index (Phi) is 31.8. The van der Waals surface area contributed by atoms with E-state index in [1.54, 1.807) is 0 Å². The molecule has 0 saturated carbocycles. The maximum atomic E-state index is 12.9. The molecule has 0 radical (unpaired) electrons. The number of carbonyl (C=O) groups is 2. The van der Waals surface area contributed by atoms with Crippen molar-refractivity contribution in [2.45, 2.75) is 255 Å². The number of hydrogen-bond acceptors (Lipinski definition) is 15. The molecule has 11 atom stereocenters. The van der Waals surface area contributed by atoms with Crippen LogP contribution < -0.4 is 0 Å². The van der Waals surface area contributed by atoms with Gasteiger partial charge in [-0.1, -0.05) is 162 Å². The highest BCUT2D eigenvalue weighted by molar-refractivity contribution is 5.70. The van der Waals surface area contributed by atoms with Crippen LogP contribution in [-0.2, 0) is 38.0 Å². The van der Waals surface area contributed by atoms with Gasteiger partial charge in [0.25, 0.3) is 0 Å². The van der Waals surface area contributed by atoms with Gasteiger partial charge in [0.15, 0.2) is 18.7 Å². The second kappa shape index (κ2) is 34.8. The molecular weight excluding hydrogens is 792 g/mol. The third-order valence-electron chi connectivity index (χ3n) is 11.8. The van der Waals surface area contributed by atoms with Gasteiger partial charge in [-0.3, -0.25) is 9.59 Å². The highest BCUT2D eigenvalue weighted by Crippen LogP contribution is 2.26. The Hall–Kier alpha value is -1.50. The molecule has 61 heavy (non-hydrogen) atoms. The molecular formula is C46H86O15. The van der Waals surface area contributed by atoms with Crippen molar-refractivity contribution in [1.29, 1.82) is 0 Å². The van der Waals surface area contributed by atoms with E-state index in [4.69, 9.17) is 28.4 Å². The first-order valence-corrected chi connectivity index (χ1v) is 24.1. The van der Waals surface area contributed by atoms with Gasteiger partial charge in [0.05, 0.1) is 19.8 Å². The summed E-state index contributed by atoms with van der Waals surface area (Å²) in [5.41, 5.74) is 0. The van der Waals surface area contributed by atoms with Crippen LogP contribution >= 0.6 is 0 Å². The predicted molar refractivity (Wildman–Crippen MR) is 229 cm³/mol. The summed E-state index contributed by atoms with van der Waals surface area (Å²) in [5, 5.41) is 71.9. The molecule has 0 aromatic heterocycles. The smallest absolute Gasteiger partial charge is 0.306 e. The first-order chi connectivity index (χ1) is 29.5. The van der Waals surface area contributed by atoms with Crippen LogP contribution in [0.4, 0.5) is 0 Å². The standard InChI is InChI=1S/C46H86O15/c1-3-5-7-9-11-13-15-16-17-19-20-22-24-26-28-37(48)56-31-34(59-38(49)29-27-25-23-21-18-14-12-10-8-6-4-2)32-57-45-44(55)42(53)40(51)36(61-45)33-58-46-43(54)41(52)39(50)35(30-47)60-46/h34-36,39-47,50-55H,3-33H2,1-2H3/t34-,35-,36-,39+,40+,41?,42?,43?,44?,45-,46-/m1/s1. The highest BCUT2D eigenvalue weighted by Gasteiger charge is 2.47. The van der Waals surface area contributed by atoms with Crippen LogP contribution in [0, 0.1) is 0 Å². The zero-order valence-corrected chi connectivity index (χ0v) is 37.7. The van der Waals surface area contributed by atoms with E-state index in [2.05, 4.69) is 13.8 Å². The van der Waals surface area contributed by atoms with Crippen molar-refractivity contribution in [1.82, 2.24) is 0 Å². The molecule has 15 heteroatoms. The highest BCUT2D eigenvalue weighted by atomic mass is 16.7. The van der Waals surface area contributed by atoms with E-state index in [-0.39, 0.29) is 26.1 Å². The van der Waals surface area contributed by atoms with Gasteiger partial charge in [0.2, 0.25) is 0 Å². The number of esters is 2. The molecule has 2 aliphatic heterocycles. The number of ether oxygens (including phenoxy) is 6. The maximum absolute atomic E-state index is 12.9. The van der Waals surface area contributed by atoms with E-state index in [9.17, 15) is 45.3 Å². The summed E-state index contributed by atoms with van der Waals surface area (Å²) in [6, 6.07) is 0. The van der Waals surface area contributed by atoms with Gasteiger partial charge in [-0.05, 0) is 12.8 Å². The van der Waals surface area contributed by atoms with Gasteiger partial charge in [0, 0.05) is 12.8 Å². The molecule has 7 N–H and O–H groups in total. The molecule has 4 unspecified atom stereocenters. The summed E-state index contributed by atoms with van der Waals surface area (Å²) in [6.45, 7) is 2.59. The van der Waals surface area contributed by atoms with Gasteiger partial charge < -0.3 is 64.2 Å². The second-order valence-corrected chi connectivity index (χ2v) is 17.3. The quantitative estimate of drug-likeness (QED) is 0.0295. The van der Waals surface area contributed by atoms with Crippen LogP contribution in [-0.4, -0.2) is 142 Å². The predicted octanol–water partition coefficient (Wildman–Crippen LogP) is 5.65. The molecule has 0 aromatic rings. The van der Waals surface area contributed by atoms with Gasteiger partial charge in [-0.15, -0.1) is 0 Å². The summed E-state index contributed by atoms with van der Waals surface area (Å²) >= 11 is 0. The molecule has 0 aromatic carbocycles. The lowest BCUT2D eigenvalue weighted by Crippen LogP contribution is -2.61. The summed E-state index contributed by atoms with van der Waals surface area (Å²) in [7, 11) is 0. The van der Waals surface area contributed by atoms with Crippen LogP contribution in [0.15, 0.2) is 0 Å². The van der Waals surface area contributed by atoms with Gasteiger partial charge in [-0.25, -0.2) is 0 Å². The molecule has 2 fully saturated rings. The minimum Gasteiger partial charge on any atom is -0.462 e. The maximum Gasteiger partial charge on any atom is 0.306 e. The lowest BCUT2D eigenvalue weighted by molar-refractivity contribution is -0.332. The monoisotopic (exact) mass is 879 g/mol. The molecule has 360 valence electrons. The molecule has 2 rings (SSSR count). The largest absolute Gasteiger partial charge is 0.462 e. The van der Waals surface area contributed by atoms with Crippen LogP contribution in [0.25, 0.3) is 0 Å². The van der Waals surface area contributed by atoms with Crippen molar-refractivity contribution < 1.29 is 73.8 Å². The number of aliphatic hydroxyl groups is 7. The Bertz CT molecular complexity index is 1080. The van der Waals surface area contributed by atoms with E-state index in [0.29, 0.717) is 12.8 Å². The van der Waals surface area contributed by atoms with E-state index in [1.807, 2.05) is 0 Å². The summed E-state index contributed by atoms with van der Waals surface area (Å²) in [4.78, 5) is 25.6. The molecule has 2 saturated heterocycles. The second-order valence-electron chi connectivity index (χ2n) is 17.3. The summed E-state index contributed by atoms with van der Waals surface area (Å²) in [5.74, 6) is -0.915. The van der Waals surface area contributed by atoms with Gasteiger partial charge in [-0.2, -0.15) is 0 Å². The van der Waals surface area contributed by atoms with Crippen molar-refractivity contribution in [2.75, 3.05) is 26.4 Å². The zero-order valence-electron chi connectivity index (χ0n) is 37.7. The minimum atomic E-state index is -1.76. The molecule has 0 spiro atoms. The fraction of sp³-hybridized carbons (Fsp3) is 0.957. The van der Waals surface area contributed by atoms with Crippen LogP contribution in [0.3, 0.4) is 0 Å². The first kappa shape index (κ1) is 55.6. The van der Waals surface area contributed by atoms with E-state index in [1.165, 1.54) is 109 Å². The zero-order chi connectivity index (χ0) is 44.7. The van der Waals surface area contributed by atoms with Crippen molar-refractivity contribution in [2.24, 2.45) is 0 Å². The van der Waals surface area contributed by atoms with E-state index < -0.39 is 92.7 Å². The Balaban J connectivity index is 1.83. The lowest BCUT2D eigenvalue weighted by atomic mass is 9.98. The fourth-order valence-corrected chi connectivity index (χ4v) is 7.81. The van der Waals surface area contributed by atoms with Gasteiger partial charge >= 0.3 is 11.9 Å².